The van der Waals surface area contributed by atoms with Crippen molar-refractivity contribution in [3.63, 3.8) is 0 Å². The van der Waals surface area contributed by atoms with E-state index in [1.54, 1.807) is 43.3 Å². The molecule has 38 heavy (non-hydrogen) atoms. The Morgan fingerprint density at radius 2 is 1.84 bits per heavy atom. The molecule has 0 fully saturated rings. The van der Waals surface area contributed by atoms with Crippen molar-refractivity contribution in [1.82, 2.24) is 0 Å². The summed E-state index contributed by atoms with van der Waals surface area (Å²) in [5.74, 6) is -0.723. The van der Waals surface area contributed by atoms with Crippen LogP contribution >= 0.6 is 46.1 Å². The summed E-state index contributed by atoms with van der Waals surface area (Å²) in [7, 11) is 0. The van der Waals surface area contributed by atoms with Gasteiger partial charge < -0.3 is 14.8 Å². The summed E-state index contributed by atoms with van der Waals surface area (Å²) in [6.45, 7) is 2.09. The van der Waals surface area contributed by atoms with Crippen LogP contribution in [0.15, 0.2) is 42.0 Å². The highest BCUT2D eigenvalue weighted by atomic mass is 35.5. The minimum atomic E-state index is -0.650. The van der Waals surface area contributed by atoms with Crippen LogP contribution in [0.5, 0.6) is 5.75 Å². The van der Waals surface area contributed by atoms with E-state index in [0.717, 1.165) is 36.1 Å². The molecule has 0 saturated heterocycles. The van der Waals surface area contributed by atoms with E-state index >= 15 is 0 Å². The second-order valence-electron chi connectivity index (χ2n) is 8.47. The molecule has 0 atom stereocenters. The number of aryl methyl sites for hydroxylation is 1. The van der Waals surface area contributed by atoms with Crippen LogP contribution in [-0.2, 0) is 29.0 Å². The Hall–Kier alpha value is -3.02. The van der Waals surface area contributed by atoms with Crippen molar-refractivity contribution in [3.8, 4) is 11.8 Å². The van der Waals surface area contributed by atoms with Gasteiger partial charge in [0.05, 0.1) is 12.2 Å². The number of rotatable bonds is 8. The van der Waals surface area contributed by atoms with Crippen molar-refractivity contribution in [2.75, 3.05) is 11.9 Å². The smallest absolute Gasteiger partial charge is 0.341 e. The Kier molecular flexibility index (Phi) is 9.35. The van der Waals surface area contributed by atoms with Crippen LogP contribution in [0.4, 0.5) is 5.00 Å². The lowest BCUT2D eigenvalue weighted by atomic mass is 9.95. The number of nitrogens with zero attached hydrogens (tertiary/aromatic N) is 1. The average Bonchev–Trinajstić information content (AvgIpc) is 3.25. The topological polar surface area (TPSA) is 88.4 Å². The maximum Gasteiger partial charge on any atom is 0.341 e. The van der Waals surface area contributed by atoms with E-state index in [9.17, 15) is 14.9 Å². The number of thiophene rings is 1. The van der Waals surface area contributed by atoms with Crippen molar-refractivity contribution < 1.29 is 19.1 Å². The molecule has 196 valence electrons. The molecule has 3 aromatic rings. The van der Waals surface area contributed by atoms with Gasteiger partial charge in [0.25, 0.3) is 5.91 Å². The van der Waals surface area contributed by atoms with Gasteiger partial charge in [0.2, 0.25) is 0 Å². The third kappa shape index (κ3) is 6.51. The van der Waals surface area contributed by atoms with Gasteiger partial charge in [-0.25, -0.2) is 4.79 Å². The molecule has 1 aliphatic rings. The molecule has 2 aromatic carbocycles. The molecule has 0 saturated carbocycles. The predicted molar refractivity (Wildman–Crippen MR) is 151 cm³/mol. The van der Waals surface area contributed by atoms with E-state index < -0.39 is 11.9 Å². The molecule has 0 unspecified atom stereocenters. The van der Waals surface area contributed by atoms with Gasteiger partial charge in [0.15, 0.2) is 0 Å². The molecule has 4 rings (SSSR count). The molecule has 1 aromatic heterocycles. The van der Waals surface area contributed by atoms with Crippen molar-refractivity contribution in [1.29, 1.82) is 5.26 Å². The summed E-state index contributed by atoms with van der Waals surface area (Å²) in [6, 6.07) is 11.9. The van der Waals surface area contributed by atoms with Gasteiger partial charge in [-0.3, -0.25) is 4.79 Å². The second-order valence-corrected chi connectivity index (χ2v) is 10.9. The molecular weight excluding hydrogens is 567 g/mol. The van der Waals surface area contributed by atoms with Crippen LogP contribution in [-0.4, -0.2) is 18.5 Å². The van der Waals surface area contributed by atoms with Crippen molar-refractivity contribution in [2.24, 2.45) is 0 Å². The van der Waals surface area contributed by atoms with Crippen LogP contribution in [0.1, 0.15) is 51.7 Å². The largest absolute Gasteiger partial charge is 0.488 e. The fourth-order valence-electron chi connectivity index (χ4n) is 4.11. The normalized spacial score (nSPS) is 12.9. The fraction of sp³-hybridized carbons (Fsp3) is 0.250. The lowest BCUT2D eigenvalue weighted by Crippen LogP contribution is -2.16. The first-order valence-corrected chi connectivity index (χ1v) is 13.9. The number of esters is 1. The maximum absolute atomic E-state index is 13.2. The summed E-state index contributed by atoms with van der Waals surface area (Å²) < 4.78 is 11.2. The average molecular weight is 590 g/mol. The first-order chi connectivity index (χ1) is 18.3. The molecule has 0 radical (unpaired) electrons. The Balaban J connectivity index is 1.61. The third-order valence-electron chi connectivity index (χ3n) is 5.91. The highest BCUT2D eigenvalue weighted by Gasteiger charge is 2.28. The van der Waals surface area contributed by atoms with Crippen LogP contribution in [0.3, 0.4) is 0 Å². The number of benzene rings is 2. The Bertz CT molecular complexity index is 1460. The molecular formula is C28H23Cl3N2O4S. The van der Waals surface area contributed by atoms with Crippen LogP contribution in [0.25, 0.3) is 6.08 Å². The summed E-state index contributed by atoms with van der Waals surface area (Å²) in [5.41, 5.74) is 2.27. The number of halogens is 3. The Morgan fingerprint density at radius 3 is 2.58 bits per heavy atom. The van der Waals surface area contributed by atoms with Gasteiger partial charge in [-0.05, 0) is 74.6 Å². The molecule has 0 aliphatic heterocycles. The number of amides is 1. The van der Waals surface area contributed by atoms with Crippen molar-refractivity contribution in [3.05, 3.63) is 84.2 Å². The molecule has 0 spiro atoms. The molecule has 6 nitrogen and oxygen atoms in total. The fourth-order valence-corrected chi connectivity index (χ4v) is 6.02. The van der Waals surface area contributed by atoms with Gasteiger partial charge in [-0.15, -0.1) is 11.3 Å². The van der Waals surface area contributed by atoms with Gasteiger partial charge in [-0.2, -0.15) is 5.26 Å². The summed E-state index contributed by atoms with van der Waals surface area (Å²) in [5, 5.41) is 14.3. The zero-order valence-corrected chi connectivity index (χ0v) is 23.5. The van der Waals surface area contributed by atoms with Gasteiger partial charge in [0.1, 0.15) is 29.0 Å². The van der Waals surface area contributed by atoms with Gasteiger partial charge in [-0.1, -0.05) is 40.9 Å². The molecule has 10 heteroatoms. The number of hydrogen-bond acceptors (Lipinski definition) is 6. The van der Waals surface area contributed by atoms with Gasteiger partial charge >= 0.3 is 5.97 Å². The van der Waals surface area contributed by atoms with Gasteiger partial charge in [0, 0.05) is 31.1 Å². The zero-order chi connectivity index (χ0) is 27.2. The number of anilines is 1. The van der Waals surface area contributed by atoms with E-state index in [0.29, 0.717) is 42.5 Å². The first kappa shape index (κ1) is 28.0. The second kappa shape index (κ2) is 12.7. The Morgan fingerprint density at radius 1 is 1.11 bits per heavy atom. The quantitative estimate of drug-likeness (QED) is 0.164. The SMILES string of the molecule is CCOC(=O)c1c(NC(=O)/C(C#N)=C/c2cc(Cl)ccc2OCc2ccc(Cl)cc2Cl)sc2c1CCCC2. The lowest BCUT2D eigenvalue weighted by Gasteiger charge is -2.12. The van der Waals surface area contributed by atoms with Crippen molar-refractivity contribution >= 4 is 69.1 Å². The van der Waals surface area contributed by atoms with E-state index in [1.807, 2.05) is 6.07 Å². The summed E-state index contributed by atoms with van der Waals surface area (Å²) >= 11 is 19.8. The number of nitriles is 1. The zero-order valence-electron chi connectivity index (χ0n) is 20.4. The van der Waals surface area contributed by atoms with Crippen molar-refractivity contribution in [2.45, 2.75) is 39.2 Å². The number of hydrogen-bond donors (Lipinski definition) is 1. The van der Waals surface area contributed by atoms with Crippen LogP contribution in [0, 0.1) is 11.3 Å². The minimum absolute atomic E-state index is 0.135. The van der Waals surface area contributed by atoms with Crippen LogP contribution in [0.2, 0.25) is 15.1 Å². The highest BCUT2D eigenvalue weighted by molar-refractivity contribution is 7.17. The summed E-state index contributed by atoms with van der Waals surface area (Å²) in [6.07, 6.45) is 4.97. The first-order valence-electron chi connectivity index (χ1n) is 11.9. The van der Waals surface area contributed by atoms with E-state index in [1.165, 1.54) is 17.4 Å². The summed E-state index contributed by atoms with van der Waals surface area (Å²) in [4.78, 5) is 27.0. The standard InChI is InChI=1S/C28H23Cl3N2O4S/c1-2-36-28(35)25-21-5-3-4-6-24(21)38-27(25)33-26(34)18(14-32)11-17-12-19(29)9-10-23(17)37-15-16-7-8-20(30)13-22(16)31/h7-13H,2-6,15H2,1H3,(H,33,34)/b18-11+. The molecule has 1 N–H and O–H groups in total. The van der Waals surface area contributed by atoms with E-state index in [4.69, 9.17) is 44.3 Å². The number of fused-ring (bicyclic) bond motifs is 1. The number of carbonyl (C=O) groups is 2. The lowest BCUT2D eigenvalue weighted by molar-refractivity contribution is -0.112. The monoisotopic (exact) mass is 588 g/mol. The molecule has 1 aliphatic carbocycles. The minimum Gasteiger partial charge on any atom is -0.488 e. The predicted octanol–water partition coefficient (Wildman–Crippen LogP) is 7.89. The number of ether oxygens (including phenoxy) is 2. The Labute approximate surface area is 239 Å². The van der Waals surface area contributed by atoms with Crippen LogP contribution < -0.4 is 10.1 Å². The molecule has 1 heterocycles. The third-order valence-corrected chi connectivity index (χ3v) is 7.94. The number of nitrogens with one attached hydrogen (secondary N) is 1. The van der Waals surface area contributed by atoms with E-state index in [-0.39, 0.29) is 18.8 Å². The number of carbonyl (C=O) groups excluding carboxylic acids is 2. The highest BCUT2D eigenvalue weighted by Crippen LogP contribution is 2.39. The maximum atomic E-state index is 13.2. The molecule has 0 bridgehead atoms. The van der Waals surface area contributed by atoms with E-state index in [2.05, 4.69) is 5.32 Å². The molecule has 1 amide bonds.